The van der Waals surface area contributed by atoms with Gasteiger partial charge in [0.1, 0.15) is 11.4 Å². The molecular weight excluding hydrogens is 302 g/mol. The van der Waals surface area contributed by atoms with Gasteiger partial charge in [0.15, 0.2) is 0 Å². The topological polar surface area (TPSA) is 72.6 Å². The maximum Gasteiger partial charge on any atom is 0.374 e. The number of ether oxygens (including phenoxy) is 1. The molecule has 2 aromatic rings. The van der Waals surface area contributed by atoms with E-state index in [1.807, 2.05) is 23.9 Å². The van der Waals surface area contributed by atoms with E-state index in [2.05, 4.69) is 11.2 Å². The fraction of sp³-hybridized carbons (Fsp3) is 0.375. The minimum absolute atomic E-state index is 0.170. The van der Waals surface area contributed by atoms with Gasteiger partial charge < -0.3 is 14.4 Å². The lowest BCUT2D eigenvalue weighted by atomic mass is 9.91. The van der Waals surface area contributed by atoms with E-state index in [1.54, 1.807) is 7.11 Å². The first-order valence-corrected chi connectivity index (χ1v) is 8.30. The molecule has 116 valence electrons. The summed E-state index contributed by atoms with van der Waals surface area (Å²) >= 11 is 1.99. The zero-order valence-electron chi connectivity index (χ0n) is 12.2. The van der Waals surface area contributed by atoms with Crippen molar-refractivity contribution >= 4 is 17.7 Å². The van der Waals surface area contributed by atoms with Gasteiger partial charge >= 0.3 is 5.97 Å². The number of nitrogens with zero attached hydrogens (tertiary/aromatic N) is 1. The summed E-state index contributed by atoms with van der Waals surface area (Å²) in [4.78, 5) is 10.9. The summed E-state index contributed by atoms with van der Waals surface area (Å²) in [5.41, 5.74) is 2.51. The molecule has 2 heterocycles. The first kappa shape index (κ1) is 15.0. The minimum Gasteiger partial charge on any atom is -0.496 e. The van der Waals surface area contributed by atoms with E-state index in [4.69, 9.17) is 14.4 Å². The molecule has 0 bridgehead atoms. The molecule has 1 saturated heterocycles. The van der Waals surface area contributed by atoms with Crippen LogP contribution in [-0.4, -0.2) is 34.8 Å². The monoisotopic (exact) mass is 319 g/mol. The average Bonchev–Trinajstić information content (AvgIpc) is 3.05. The van der Waals surface area contributed by atoms with E-state index >= 15 is 0 Å². The molecule has 0 atom stereocenters. The lowest BCUT2D eigenvalue weighted by Crippen LogP contribution is -2.08. The van der Waals surface area contributed by atoms with Crippen molar-refractivity contribution in [1.82, 2.24) is 5.16 Å². The molecule has 0 radical (unpaired) electrons. The molecule has 0 saturated carbocycles. The SMILES string of the molecule is COc1ccc(C2CCSCC2)cc1-c1cc(C(=O)O)on1. The Kier molecular flexibility index (Phi) is 4.38. The molecular formula is C16H17NO4S. The minimum atomic E-state index is -1.13. The second-order valence-electron chi connectivity index (χ2n) is 5.23. The number of carboxylic acid groups (broad SMARTS) is 1. The van der Waals surface area contributed by atoms with Gasteiger partial charge in [-0.25, -0.2) is 4.79 Å². The molecule has 1 fully saturated rings. The van der Waals surface area contributed by atoms with Crippen LogP contribution in [0.4, 0.5) is 0 Å². The van der Waals surface area contributed by atoms with E-state index in [0.717, 1.165) is 18.4 Å². The Morgan fingerprint density at radius 1 is 1.36 bits per heavy atom. The fourth-order valence-corrected chi connectivity index (χ4v) is 3.82. The number of aromatic nitrogens is 1. The van der Waals surface area contributed by atoms with Crippen molar-refractivity contribution in [3.63, 3.8) is 0 Å². The Balaban J connectivity index is 1.98. The number of thioether (sulfide) groups is 1. The molecule has 22 heavy (non-hydrogen) atoms. The summed E-state index contributed by atoms with van der Waals surface area (Å²) in [5, 5.41) is 12.8. The number of rotatable bonds is 4. The van der Waals surface area contributed by atoms with Gasteiger partial charge in [0.2, 0.25) is 5.76 Å². The smallest absolute Gasteiger partial charge is 0.374 e. The highest BCUT2D eigenvalue weighted by Crippen LogP contribution is 2.37. The Labute approximate surface area is 132 Å². The van der Waals surface area contributed by atoms with Gasteiger partial charge in [0, 0.05) is 11.6 Å². The number of carboxylic acids is 1. The molecule has 0 aliphatic carbocycles. The zero-order chi connectivity index (χ0) is 15.5. The number of carbonyl (C=O) groups is 1. The summed E-state index contributed by atoms with van der Waals surface area (Å²) in [6.45, 7) is 0. The van der Waals surface area contributed by atoms with Crippen molar-refractivity contribution in [3.8, 4) is 17.0 Å². The highest BCUT2D eigenvalue weighted by atomic mass is 32.2. The van der Waals surface area contributed by atoms with Crippen LogP contribution in [0, 0.1) is 0 Å². The van der Waals surface area contributed by atoms with Gasteiger partial charge in [-0.2, -0.15) is 11.8 Å². The van der Waals surface area contributed by atoms with Crippen molar-refractivity contribution in [1.29, 1.82) is 0 Å². The van der Waals surface area contributed by atoms with Gasteiger partial charge in [-0.3, -0.25) is 0 Å². The number of benzene rings is 1. The van der Waals surface area contributed by atoms with Crippen molar-refractivity contribution in [2.75, 3.05) is 18.6 Å². The summed E-state index contributed by atoms with van der Waals surface area (Å²) in [5.74, 6) is 2.27. The van der Waals surface area contributed by atoms with Gasteiger partial charge in [-0.15, -0.1) is 0 Å². The van der Waals surface area contributed by atoms with E-state index < -0.39 is 5.97 Å². The van der Waals surface area contributed by atoms with Crippen LogP contribution in [0.2, 0.25) is 0 Å². The predicted molar refractivity (Wildman–Crippen MR) is 84.8 cm³/mol. The van der Waals surface area contributed by atoms with Gasteiger partial charge in [0.05, 0.1) is 7.11 Å². The third kappa shape index (κ3) is 2.97. The van der Waals surface area contributed by atoms with Crippen LogP contribution >= 0.6 is 11.8 Å². The predicted octanol–water partition coefficient (Wildman–Crippen LogP) is 3.66. The number of hydrogen-bond donors (Lipinski definition) is 1. The van der Waals surface area contributed by atoms with Crippen molar-refractivity contribution in [2.24, 2.45) is 0 Å². The first-order valence-electron chi connectivity index (χ1n) is 7.15. The molecule has 0 unspecified atom stereocenters. The highest BCUT2D eigenvalue weighted by molar-refractivity contribution is 7.99. The zero-order valence-corrected chi connectivity index (χ0v) is 13.1. The third-order valence-electron chi connectivity index (χ3n) is 3.91. The number of aromatic carboxylic acids is 1. The van der Waals surface area contributed by atoms with Crippen LogP contribution < -0.4 is 4.74 Å². The average molecular weight is 319 g/mol. The fourth-order valence-electron chi connectivity index (χ4n) is 2.71. The normalized spacial score (nSPS) is 15.7. The lowest BCUT2D eigenvalue weighted by Gasteiger charge is -2.22. The van der Waals surface area contributed by atoms with Crippen LogP contribution in [-0.2, 0) is 0 Å². The highest BCUT2D eigenvalue weighted by Gasteiger charge is 2.20. The maximum atomic E-state index is 10.9. The largest absolute Gasteiger partial charge is 0.496 e. The molecule has 6 heteroatoms. The maximum absolute atomic E-state index is 10.9. The molecule has 1 aliphatic heterocycles. The lowest BCUT2D eigenvalue weighted by molar-refractivity contribution is 0.0652. The standard InChI is InChI=1S/C16H17NO4S/c1-20-14-3-2-11(10-4-6-22-7-5-10)8-12(14)13-9-15(16(18)19)21-17-13/h2-3,8-10H,4-7H2,1H3,(H,18,19). The van der Waals surface area contributed by atoms with E-state index in [0.29, 0.717) is 17.4 Å². The molecule has 0 amide bonds. The molecule has 1 aromatic carbocycles. The molecule has 1 aromatic heterocycles. The molecule has 3 rings (SSSR count). The Morgan fingerprint density at radius 3 is 2.77 bits per heavy atom. The van der Waals surface area contributed by atoms with E-state index in [-0.39, 0.29) is 5.76 Å². The van der Waals surface area contributed by atoms with Crippen molar-refractivity contribution in [3.05, 3.63) is 35.6 Å². The van der Waals surface area contributed by atoms with E-state index in [9.17, 15) is 4.79 Å². The Hall–Kier alpha value is -1.95. The second-order valence-corrected chi connectivity index (χ2v) is 6.45. The summed E-state index contributed by atoms with van der Waals surface area (Å²) < 4.78 is 10.2. The van der Waals surface area contributed by atoms with Crippen LogP contribution in [0.25, 0.3) is 11.3 Å². The first-order chi connectivity index (χ1) is 10.7. The molecule has 1 aliphatic rings. The second kappa shape index (κ2) is 6.44. The summed E-state index contributed by atoms with van der Waals surface area (Å²) in [6, 6.07) is 7.48. The Morgan fingerprint density at radius 2 is 2.14 bits per heavy atom. The number of hydrogen-bond acceptors (Lipinski definition) is 5. The summed E-state index contributed by atoms with van der Waals surface area (Å²) in [7, 11) is 1.59. The van der Waals surface area contributed by atoms with Crippen LogP contribution in [0.3, 0.4) is 0 Å². The van der Waals surface area contributed by atoms with Crippen molar-refractivity contribution < 1.29 is 19.2 Å². The van der Waals surface area contributed by atoms with Crippen molar-refractivity contribution in [2.45, 2.75) is 18.8 Å². The summed E-state index contributed by atoms with van der Waals surface area (Å²) in [6.07, 6.45) is 2.32. The molecule has 0 spiro atoms. The van der Waals surface area contributed by atoms with Gasteiger partial charge in [-0.1, -0.05) is 11.2 Å². The molecule has 5 nitrogen and oxygen atoms in total. The molecule has 1 N–H and O–H groups in total. The van der Waals surface area contributed by atoms with Crippen LogP contribution in [0.15, 0.2) is 28.8 Å². The van der Waals surface area contributed by atoms with E-state index in [1.165, 1.54) is 23.1 Å². The van der Waals surface area contributed by atoms with Crippen LogP contribution in [0.1, 0.15) is 34.9 Å². The number of methoxy groups -OCH3 is 1. The quantitative estimate of drug-likeness (QED) is 0.927. The third-order valence-corrected chi connectivity index (χ3v) is 4.96. The van der Waals surface area contributed by atoms with Gasteiger partial charge in [-0.05, 0) is 48.0 Å². The Bertz CT molecular complexity index is 677. The van der Waals surface area contributed by atoms with Gasteiger partial charge in [0.25, 0.3) is 0 Å². The van der Waals surface area contributed by atoms with Crippen LogP contribution in [0.5, 0.6) is 5.75 Å².